The van der Waals surface area contributed by atoms with Crippen molar-refractivity contribution in [2.45, 2.75) is 52.2 Å². The van der Waals surface area contributed by atoms with Crippen LogP contribution in [0.25, 0.3) is 0 Å². The Hall–Kier alpha value is -2.41. The Kier molecular flexibility index (Phi) is 6.90. The largest absolute Gasteiger partial charge is 0.372 e. The molecule has 1 aromatic carbocycles. The number of nitrogens with one attached hydrogen (secondary N) is 1. The van der Waals surface area contributed by atoms with Gasteiger partial charge < -0.3 is 19.9 Å². The van der Waals surface area contributed by atoms with E-state index in [1.807, 2.05) is 13.8 Å². The zero-order chi connectivity index (χ0) is 21.0. The van der Waals surface area contributed by atoms with Crippen LogP contribution in [0.3, 0.4) is 0 Å². The van der Waals surface area contributed by atoms with Crippen LogP contribution in [0, 0.1) is 5.92 Å². The second-order valence-corrected chi connectivity index (χ2v) is 8.13. The van der Waals surface area contributed by atoms with E-state index < -0.39 is 0 Å². The van der Waals surface area contributed by atoms with Crippen LogP contribution in [0.15, 0.2) is 24.3 Å². The molecule has 158 valence electrons. The molecule has 0 saturated carbocycles. The second kappa shape index (κ2) is 9.39. The Balaban J connectivity index is 1.56. The lowest BCUT2D eigenvalue weighted by Crippen LogP contribution is -2.48. The molecule has 2 fully saturated rings. The Labute approximate surface area is 172 Å². The highest BCUT2D eigenvalue weighted by molar-refractivity contribution is 5.98. The number of benzene rings is 1. The first-order valence-electron chi connectivity index (χ1n) is 10.5. The van der Waals surface area contributed by atoms with Crippen molar-refractivity contribution >= 4 is 23.4 Å². The molecule has 2 heterocycles. The number of morpholine rings is 1. The lowest BCUT2D eigenvalue weighted by atomic mass is 10.1. The van der Waals surface area contributed by atoms with Gasteiger partial charge in [0.25, 0.3) is 5.91 Å². The molecule has 0 bridgehead atoms. The summed E-state index contributed by atoms with van der Waals surface area (Å²) < 4.78 is 5.68. The number of carbonyl (C=O) groups is 3. The molecule has 1 aromatic rings. The molecule has 2 aliphatic heterocycles. The fraction of sp³-hybridized carbons (Fsp3) is 0.591. The molecule has 3 rings (SSSR count). The van der Waals surface area contributed by atoms with Gasteiger partial charge in [-0.1, -0.05) is 13.3 Å². The average molecular weight is 402 g/mol. The minimum Gasteiger partial charge on any atom is -0.372 e. The van der Waals surface area contributed by atoms with Crippen molar-refractivity contribution in [2.75, 3.05) is 31.5 Å². The number of rotatable bonds is 6. The van der Waals surface area contributed by atoms with E-state index in [2.05, 4.69) is 12.2 Å². The van der Waals surface area contributed by atoms with Gasteiger partial charge in [0.05, 0.1) is 18.1 Å². The van der Waals surface area contributed by atoms with Crippen molar-refractivity contribution in [1.29, 1.82) is 0 Å². The van der Waals surface area contributed by atoms with Gasteiger partial charge in [0.1, 0.15) is 0 Å². The van der Waals surface area contributed by atoms with Gasteiger partial charge in [-0.3, -0.25) is 14.4 Å². The van der Waals surface area contributed by atoms with Crippen molar-refractivity contribution in [3.05, 3.63) is 29.8 Å². The normalized spacial score (nSPS) is 24.7. The van der Waals surface area contributed by atoms with Gasteiger partial charge in [-0.05, 0) is 44.5 Å². The molecule has 3 atom stereocenters. The number of carbonyl (C=O) groups excluding carboxylic acids is 3. The number of likely N-dealkylation sites (tertiary alicyclic amines) is 1. The molecule has 7 heteroatoms. The van der Waals surface area contributed by atoms with Gasteiger partial charge >= 0.3 is 0 Å². The maximum atomic E-state index is 12.7. The number of hydrogen-bond donors (Lipinski definition) is 1. The highest BCUT2D eigenvalue weighted by Crippen LogP contribution is 2.21. The molecule has 2 aliphatic rings. The standard InChI is InChI=1S/C22H31N3O4/c1-4-5-10-24-14-18(11-20(24)26)21(27)23-19-8-6-17(7-9-19)22(28)25-12-15(2)29-16(3)13-25/h6-9,15-16,18H,4-5,10-14H2,1-3H3,(H,23,27)/t15-,16-,18-/m0/s1. The first-order chi connectivity index (χ1) is 13.9. The van der Waals surface area contributed by atoms with Crippen LogP contribution in [-0.2, 0) is 14.3 Å². The van der Waals surface area contributed by atoms with Crippen LogP contribution >= 0.6 is 0 Å². The van der Waals surface area contributed by atoms with Crippen LogP contribution < -0.4 is 5.32 Å². The fourth-order valence-corrected chi connectivity index (χ4v) is 3.98. The third-order valence-corrected chi connectivity index (χ3v) is 5.47. The van der Waals surface area contributed by atoms with E-state index in [0.717, 1.165) is 12.8 Å². The third-order valence-electron chi connectivity index (χ3n) is 5.47. The predicted molar refractivity (Wildman–Crippen MR) is 111 cm³/mol. The van der Waals surface area contributed by atoms with E-state index >= 15 is 0 Å². The molecule has 3 amide bonds. The zero-order valence-corrected chi connectivity index (χ0v) is 17.5. The number of unbranched alkanes of at least 4 members (excludes halogenated alkanes) is 1. The van der Waals surface area contributed by atoms with Crippen molar-refractivity contribution in [1.82, 2.24) is 9.80 Å². The van der Waals surface area contributed by atoms with E-state index in [0.29, 0.717) is 37.4 Å². The topological polar surface area (TPSA) is 79.0 Å². The third kappa shape index (κ3) is 5.35. The summed E-state index contributed by atoms with van der Waals surface area (Å²) in [4.78, 5) is 40.9. The van der Waals surface area contributed by atoms with Crippen LogP contribution in [-0.4, -0.2) is 65.9 Å². The Morgan fingerprint density at radius 2 is 1.76 bits per heavy atom. The molecule has 1 N–H and O–H groups in total. The van der Waals surface area contributed by atoms with E-state index in [-0.39, 0.29) is 42.3 Å². The van der Waals surface area contributed by atoms with Crippen molar-refractivity contribution < 1.29 is 19.1 Å². The maximum absolute atomic E-state index is 12.7. The quantitative estimate of drug-likeness (QED) is 0.794. The summed E-state index contributed by atoms with van der Waals surface area (Å²) in [5, 5.41) is 2.88. The fourth-order valence-electron chi connectivity index (χ4n) is 3.98. The molecule has 7 nitrogen and oxygen atoms in total. The van der Waals surface area contributed by atoms with Gasteiger partial charge in [-0.25, -0.2) is 0 Å². The number of anilines is 1. The van der Waals surface area contributed by atoms with Gasteiger partial charge in [-0.15, -0.1) is 0 Å². The lowest BCUT2D eigenvalue weighted by Gasteiger charge is -2.35. The number of ether oxygens (including phenoxy) is 1. The van der Waals surface area contributed by atoms with Gasteiger partial charge in [0, 0.05) is 43.9 Å². The smallest absolute Gasteiger partial charge is 0.254 e. The molecule has 0 aliphatic carbocycles. The summed E-state index contributed by atoms with van der Waals surface area (Å²) in [6.07, 6.45) is 2.28. The molecule has 29 heavy (non-hydrogen) atoms. The van der Waals surface area contributed by atoms with Crippen LogP contribution in [0.2, 0.25) is 0 Å². The summed E-state index contributed by atoms with van der Waals surface area (Å²) in [6.45, 7) is 8.36. The number of hydrogen-bond acceptors (Lipinski definition) is 4. The zero-order valence-electron chi connectivity index (χ0n) is 17.5. The predicted octanol–water partition coefficient (Wildman–Crippen LogP) is 2.52. The minimum atomic E-state index is -0.322. The first kappa shape index (κ1) is 21.3. The summed E-state index contributed by atoms with van der Waals surface area (Å²) >= 11 is 0. The monoisotopic (exact) mass is 401 g/mol. The highest BCUT2D eigenvalue weighted by atomic mass is 16.5. The summed E-state index contributed by atoms with van der Waals surface area (Å²) in [5.41, 5.74) is 1.22. The molecule has 2 saturated heterocycles. The van der Waals surface area contributed by atoms with Crippen molar-refractivity contribution in [3.63, 3.8) is 0 Å². The Morgan fingerprint density at radius 3 is 2.38 bits per heavy atom. The number of amides is 3. The summed E-state index contributed by atoms with van der Waals surface area (Å²) in [5.74, 6) is -0.449. The molecule has 0 unspecified atom stereocenters. The summed E-state index contributed by atoms with van der Waals surface area (Å²) in [6, 6.07) is 6.94. The van der Waals surface area contributed by atoms with Gasteiger partial charge in [0.2, 0.25) is 11.8 Å². The maximum Gasteiger partial charge on any atom is 0.254 e. The molecule has 0 radical (unpaired) electrons. The SMILES string of the molecule is CCCCN1C[C@@H](C(=O)Nc2ccc(C(=O)N3C[C@H](C)O[C@@H](C)C3)cc2)CC1=O. The molecule has 0 aromatic heterocycles. The van der Waals surface area contributed by atoms with Crippen LogP contribution in [0.5, 0.6) is 0 Å². The van der Waals surface area contributed by atoms with E-state index in [1.54, 1.807) is 34.1 Å². The average Bonchev–Trinajstić information content (AvgIpc) is 3.06. The number of nitrogens with zero attached hydrogens (tertiary/aromatic N) is 2. The van der Waals surface area contributed by atoms with Crippen molar-refractivity contribution in [3.8, 4) is 0 Å². The molecular formula is C22H31N3O4. The van der Waals surface area contributed by atoms with Gasteiger partial charge in [0.15, 0.2) is 0 Å². The van der Waals surface area contributed by atoms with E-state index in [9.17, 15) is 14.4 Å². The van der Waals surface area contributed by atoms with Gasteiger partial charge in [-0.2, -0.15) is 0 Å². The molecule has 0 spiro atoms. The van der Waals surface area contributed by atoms with Crippen LogP contribution in [0.1, 0.15) is 50.4 Å². The minimum absolute atomic E-state index is 0.0206. The Bertz CT molecular complexity index is 739. The second-order valence-electron chi connectivity index (χ2n) is 8.13. The van der Waals surface area contributed by atoms with E-state index in [4.69, 9.17) is 4.74 Å². The highest BCUT2D eigenvalue weighted by Gasteiger charge is 2.34. The van der Waals surface area contributed by atoms with Crippen molar-refractivity contribution in [2.24, 2.45) is 5.92 Å². The lowest BCUT2D eigenvalue weighted by molar-refractivity contribution is -0.128. The molecular weight excluding hydrogens is 370 g/mol. The Morgan fingerprint density at radius 1 is 1.10 bits per heavy atom. The van der Waals surface area contributed by atoms with Crippen LogP contribution in [0.4, 0.5) is 5.69 Å². The summed E-state index contributed by atoms with van der Waals surface area (Å²) in [7, 11) is 0. The van der Waals surface area contributed by atoms with E-state index in [1.165, 1.54) is 0 Å². The first-order valence-corrected chi connectivity index (χ1v) is 10.5.